The molecule has 3 aromatic carbocycles. The summed E-state index contributed by atoms with van der Waals surface area (Å²) in [6, 6.07) is 18.6. The SMILES string of the molecule is COc1cc(/C=N\NC(=O)COc2ccccc2Cl)ccc1OC(=O)c1cccc(Br)c1. The predicted molar refractivity (Wildman–Crippen MR) is 125 cm³/mol. The highest BCUT2D eigenvalue weighted by Gasteiger charge is 2.13. The minimum Gasteiger partial charge on any atom is -0.493 e. The van der Waals surface area contributed by atoms with Gasteiger partial charge in [0, 0.05) is 4.47 Å². The number of esters is 1. The number of para-hydroxylation sites is 1. The molecule has 0 fully saturated rings. The summed E-state index contributed by atoms with van der Waals surface area (Å²) in [4.78, 5) is 24.3. The van der Waals surface area contributed by atoms with E-state index in [9.17, 15) is 9.59 Å². The van der Waals surface area contributed by atoms with Crippen LogP contribution in [0, 0.1) is 0 Å². The highest BCUT2D eigenvalue weighted by Crippen LogP contribution is 2.28. The van der Waals surface area contributed by atoms with E-state index >= 15 is 0 Å². The minimum atomic E-state index is -0.517. The number of nitrogens with one attached hydrogen (secondary N) is 1. The van der Waals surface area contributed by atoms with Gasteiger partial charge in [-0.1, -0.05) is 45.7 Å². The van der Waals surface area contributed by atoms with Crippen molar-refractivity contribution < 1.29 is 23.8 Å². The van der Waals surface area contributed by atoms with Crippen LogP contribution < -0.4 is 19.6 Å². The molecule has 0 heterocycles. The Balaban J connectivity index is 1.58. The van der Waals surface area contributed by atoms with E-state index in [0.29, 0.717) is 27.6 Å². The fourth-order valence-corrected chi connectivity index (χ4v) is 3.13. The fraction of sp³-hybridized carbons (Fsp3) is 0.0870. The van der Waals surface area contributed by atoms with Gasteiger partial charge in [-0.15, -0.1) is 0 Å². The molecule has 9 heteroatoms. The third-order valence-corrected chi connectivity index (χ3v) is 4.85. The van der Waals surface area contributed by atoms with E-state index in [-0.39, 0.29) is 12.4 Å². The zero-order valence-electron chi connectivity index (χ0n) is 16.9. The van der Waals surface area contributed by atoms with Gasteiger partial charge >= 0.3 is 5.97 Å². The number of hydrogen-bond acceptors (Lipinski definition) is 6. The fourth-order valence-electron chi connectivity index (χ4n) is 2.54. The van der Waals surface area contributed by atoms with Crippen molar-refractivity contribution in [3.63, 3.8) is 0 Å². The maximum Gasteiger partial charge on any atom is 0.343 e. The first-order valence-corrected chi connectivity index (χ1v) is 10.5. The molecule has 1 amide bonds. The first-order valence-electron chi connectivity index (χ1n) is 9.31. The quantitative estimate of drug-likeness (QED) is 0.200. The zero-order valence-corrected chi connectivity index (χ0v) is 19.2. The lowest BCUT2D eigenvalue weighted by Crippen LogP contribution is -2.24. The molecule has 0 spiro atoms. The maximum atomic E-state index is 12.4. The number of rotatable bonds is 8. The molecule has 0 radical (unpaired) electrons. The Hall–Kier alpha value is -3.36. The molecule has 0 aromatic heterocycles. The van der Waals surface area contributed by atoms with Crippen LogP contribution in [0.3, 0.4) is 0 Å². The van der Waals surface area contributed by atoms with Crippen molar-refractivity contribution in [2.24, 2.45) is 5.10 Å². The molecule has 0 aliphatic carbocycles. The van der Waals surface area contributed by atoms with Crippen molar-refractivity contribution >= 4 is 45.6 Å². The van der Waals surface area contributed by atoms with E-state index < -0.39 is 11.9 Å². The summed E-state index contributed by atoms with van der Waals surface area (Å²) in [5.41, 5.74) is 3.38. The van der Waals surface area contributed by atoms with Crippen molar-refractivity contribution in [2.75, 3.05) is 13.7 Å². The molecule has 0 aliphatic rings. The van der Waals surface area contributed by atoms with E-state index in [4.69, 9.17) is 25.8 Å². The van der Waals surface area contributed by atoms with Gasteiger partial charge in [0.05, 0.1) is 23.9 Å². The molecule has 0 aliphatic heterocycles. The Morgan fingerprint density at radius 2 is 1.84 bits per heavy atom. The number of carbonyl (C=O) groups excluding carboxylic acids is 2. The Kier molecular flexibility index (Phi) is 8.24. The van der Waals surface area contributed by atoms with Crippen LogP contribution in [-0.2, 0) is 4.79 Å². The van der Waals surface area contributed by atoms with Gasteiger partial charge in [0.25, 0.3) is 5.91 Å². The normalized spacial score (nSPS) is 10.6. The van der Waals surface area contributed by atoms with Crippen molar-refractivity contribution in [2.45, 2.75) is 0 Å². The molecule has 0 saturated carbocycles. The summed E-state index contributed by atoms with van der Waals surface area (Å²) in [6.07, 6.45) is 1.43. The summed E-state index contributed by atoms with van der Waals surface area (Å²) < 4.78 is 16.9. The number of nitrogens with zero attached hydrogens (tertiary/aromatic N) is 1. The standard InChI is InChI=1S/C23H18BrClN2O5/c1-30-21-11-15(9-10-20(21)32-23(29)16-5-4-6-17(24)12-16)13-26-27-22(28)14-31-19-8-3-2-7-18(19)25/h2-13H,14H2,1H3,(H,27,28)/b26-13-. The monoisotopic (exact) mass is 516 g/mol. The van der Waals surface area contributed by atoms with Crippen LogP contribution in [0.2, 0.25) is 5.02 Å². The number of benzene rings is 3. The maximum absolute atomic E-state index is 12.4. The highest BCUT2D eigenvalue weighted by molar-refractivity contribution is 9.10. The molecule has 3 rings (SSSR count). The molecule has 164 valence electrons. The number of halogens is 2. The van der Waals surface area contributed by atoms with E-state index in [1.807, 2.05) is 6.07 Å². The van der Waals surface area contributed by atoms with E-state index in [1.54, 1.807) is 60.7 Å². The lowest BCUT2D eigenvalue weighted by Gasteiger charge is -2.10. The number of amides is 1. The lowest BCUT2D eigenvalue weighted by atomic mass is 10.2. The van der Waals surface area contributed by atoms with Gasteiger partial charge in [-0.2, -0.15) is 5.10 Å². The Bertz CT molecular complexity index is 1150. The first kappa shape index (κ1) is 23.3. The smallest absolute Gasteiger partial charge is 0.343 e. The zero-order chi connectivity index (χ0) is 22.9. The van der Waals surface area contributed by atoms with Gasteiger partial charge in [0.1, 0.15) is 5.75 Å². The highest BCUT2D eigenvalue weighted by atomic mass is 79.9. The largest absolute Gasteiger partial charge is 0.493 e. The van der Waals surface area contributed by atoms with Crippen molar-refractivity contribution in [3.8, 4) is 17.2 Å². The summed E-state index contributed by atoms with van der Waals surface area (Å²) in [7, 11) is 1.46. The molecule has 0 saturated heterocycles. The van der Waals surface area contributed by atoms with Crippen LogP contribution in [0.5, 0.6) is 17.2 Å². The van der Waals surface area contributed by atoms with Crippen LogP contribution in [-0.4, -0.2) is 31.8 Å². The molecule has 0 bridgehead atoms. The van der Waals surface area contributed by atoms with E-state index in [1.165, 1.54) is 13.3 Å². The van der Waals surface area contributed by atoms with Gasteiger partial charge in [-0.25, -0.2) is 10.2 Å². The number of hydrogen-bond donors (Lipinski definition) is 1. The van der Waals surface area contributed by atoms with Gasteiger partial charge in [0.2, 0.25) is 0 Å². The van der Waals surface area contributed by atoms with Crippen LogP contribution in [0.15, 0.2) is 76.3 Å². The lowest BCUT2D eigenvalue weighted by molar-refractivity contribution is -0.123. The molecule has 32 heavy (non-hydrogen) atoms. The van der Waals surface area contributed by atoms with Gasteiger partial charge in [0.15, 0.2) is 18.1 Å². The second-order valence-electron chi connectivity index (χ2n) is 6.32. The Labute approximate surface area is 198 Å². The van der Waals surface area contributed by atoms with E-state index in [0.717, 1.165) is 4.47 Å². The summed E-state index contributed by atoms with van der Waals surface area (Å²) in [6.45, 7) is -0.241. The van der Waals surface area contributed by atoms with Crippen molar-refractivity contribution in [1.29, 1.82) is 0 Å². The molecule has 1 N–H and O–H groups in total. The summed E-state index contributed by atoms with van der Waals surface area (Å²) in [5.74, 6) is 0.0352. The molecular weight excluding hydrogens is 500 g/mol. The second kappa shape index (κ2) is 11.3. The predicted octanol–water partition coefficient (Wildman–Crippen LogP) is 4.86. The van der Waals surface area contributed by atoms with E-state index in [2.05, 4.69) is 26.5 Å². The van der Waals surface area contributed by atoms with Crippen molar-refractivity contribution in [1.82, 2.24) is 5.43 Å². The third-order valence-electron chi connectivity index (χ3n) is 4.05. The van der Waals surface area contributed by atoms with Gasteiger partial charge < -0.3 is 14.2 Å². The van der Waals surface area contributed by atoms with Crippen LogP contribution in [0.4, 0.5) is 0 Å². The van der Waals surface area contributed by atoms with Crippen LogP contribution in [0.25, 0.3) is 0 Å². The van der Waals surface area contributed by atoms with Gasteiger partial charge in [-0.3, -0.25) is 4.79 Å². The molecule has 0 atom stereocenters. The Morgan fingerprint density at radius 3 is 2.59 bits per heavy atom. The average molecular weight is 518 g/mol. The molecule has 7 nitrogen and oxygen atoms in total. The average Bonchev–Trinajstić information content (AvgIpc) is 2.79. The topological polar surface area (TPSA) is 86.2 Å². The summed E-state index contributed by atoms with van der Waals surface area (Å²) in [5, 5.41) is 4.31. The van der Waals surface area contributed by atoms with Crippen LogP contribution in [0.1, 0.15) is 15.9 Å². The van der Waals surface area contributed by atoms with Crippen LogP contribution >= 0.6 is 27.5 Å². The number of methoxy groups -OCH3 is 1. The third kappa shape index (κ3) is 6.57. The van der Waals surface area contributed by atoms with Crippen molar-refractivity contribution in [3.05, 3.63) is 87.4 Å². The summed E-state index contributed by atoms with van der Waals surface area (Å²) >= 11 is 9.30. The number of carbonyl (C=O) groups is 2. The molecular formula is C23H18BrClN2O5. The molecule has 3 aromatic rings. The number of ether oxygens (including phenoxy) is 3. The number of hydrazone groups is 1. The Morgan fingerprint density at radius 1 is 1.03 bits per heavy atom. The molecule has 0 unspecified atom stereocenters. The first-order chi connectivity index (χ1) is 15.5. The minimum absolute atomic E-state index is 0.241. The second-order valence-corrected chi connectivity index (χ2v) is 7.65. The van der Waals surface area contributed by atoms with Gasteiger partial charge in [-0.05, 0) is 54.1 Å².